The molecule has 1 aromatic rings. The molecule has 0 aliphatic carbocycles. The average Bonchev–Trinajstić information content (AvgIpc) is 2.37. The summed E-state index contributed by atoms with van der Waals surface area (Å²) < 4.78 is 1.37. The van der Waals surface area contributed by atoms with Gasteiger partial charge in [0, 0.05) is 13.1 Å². The first kappa shape index (κ1) is 16.0. The van der Waals surface area contributed by atoms with Gasteiger partial charge in [0.05, 0.1) is 18.0 Å². The molecule has 0 aliphatic rings. The minimum Gasteiger partial charge on any atom is -0.393 e. The lowest BCUT2D eigenvalue weighted by Crippen LogP contribution is -2.26. The molecule has 0 saturated heterocycles. The molecule has 19 heavy (non-hydrogen) atoms. The lowest BCUT2D eigenvalue weighted by molar-refractivity contribution is 0.164. The van der Waals surface area contributed by atoms with Crippen molar-refractivity contribution in [1.82, 2.24) is 9.78 Å². The van der Waals surface area contributed by atoms with Crippen molar-refractivity contribution < 1.29 is 5.11 Å². The Morgan fingerprint density at radius 3 is 2.79 bits per heavy atom. The van der Waals surface area contributed by atoms with Crippen LogP contribution in [0.15, 0.2) is 11.0 Å². The Labute approximate surface area is 118 Å². The lowest BCUT2D eigenvalue weighted by atomic mass is 10.2. The smallest absolute Gasteiger partial charge is 0.287 e. The number of aromatic nitrogens is 2. The summed E-state index contributed by atoms with van der Waals surface area (Å²) in [5.41, 5.74) is 0.242. The van der Waals surface area contributed by atoms with Gasteiger partial charge in [-0.25, -0.2) is 4.68 Å². The van der Waals surface area contributed by atoms with Gasteiger partial charge in [-0.05, 0) is 18.8 Å². The number of rotatable bonds is 7. The van der Waals surface area contributed by atoms with Crippen LogP contribution in [0, 0.1) is 5.92 Å². The molecule has 2 N–H and O–H groups in total. The number of halogens is 1. The molecule has 0 bridgehead atoms. The van der Waals surface area contributed by atoms with E-state index >= 15 is 0 Å². The van der Waals surface area contributed by atoms with Gasteiger partial charge >= 0.3 is 0 Å². The highest BCUT2D eigenvalue weighted by Crippen LogP contribution is 2.15. The van der Waals surface area contributed by atoms with Crippen molar-refractivity contribution in [2.24, 2.45) is 5.92 Å². The molecule has 0 aromatic carbocycles. The fourth-order valence-electron chi connectivity index (χ4n) is 1.64. The molecule has 0 amide bonds. The van der Waals surface area contributed by atoms with Crippen LogP contribution < -0.4 is 10.9 Å². The lowest BCUT2D eigenvalue weighted by Gasteiger charge is -2.12. The van der Waals surface area contributed by atoms with Crippen LogP contribution in [0.5, 0.6) is 0 Å². The summed E-state index contributed by atoms with van der Waals surface area (Å²) >= 11 is 6.03. The zero-order valence-corrected chi connectivity index (χ0v) is 12.4. The van der Waals surface area contributed by atoms with E-state index in [1.54, 1.807) is 6.20 Å². The number of nitrogens with one attached hydrogen (secondary N) is 1. The number of hydrogen-bond acceptors (Lipinski definition) is 4. The van der Waals surface area contributed by atoms with Crippen LogP contribution >= 0.6 is 11.6 Å². The van der Waals surface area contributed by atoms with Crippen LogP contribution in [0.4, 0.5) is 5.69 Å². The molecule has 0 radical (unpaired) electrons. The molecular formula is C13H22ClN3O2. The van der Waals surface area contributed by atoms with Crippen LogP contribution in [0.1, 0.15) is 33.6 Å². The van der Waals surface area contributed by atoms with Crippen molar-refractivity contribution >= 4 is 17.3 Å². The highest BCUT2D eigenvalue weighted by atomic mass is 35.5. The van der Waals surface area contributed by atoms with Crippen LogP contribution in [-0.2, 0) is 6.54 Å². The van der Waals surface area contributed by atoms with Crippen molar-refractivity contribution in [3.8, 4) is 0 Å². The van der Waals surface area contributed by atoms with Crippen LogP contribution in [-0.4, -0.2) is 27.5 Å². The summed E-state index contributed by atoms with van der Waals surface area (Å²) in [6.45, 7) is 7.06. The zero-order chi connectivity index (χ0) is 14.4. The SMILES string of the molecule is CCC(O)CCNc1cnn(CC(C)C)c(=O)c1Cl. The van der Waals surface area contributed by atoms with E-state index in [0.717, 1.165) is 0 Å². The summed E-state index contributed by atoms with van der Waals surface area (Å²) in [5.74, 6) is 0.333. The first-order chi connectivity index (χ1) is 8.95. The molecule has 5 nitrogen and oxygen atoms in total. The van der Waals surface area contributed by atoms with E-state index in [1.165, 1.54) is 4.68 Å². The largest absolute Gasteiger partial charge is 0.393 e. The van der Waals surface area contributed by atoms with Crippen molar-refractivity contribution in [3.63, 3.8) is 0 Å². The van der Waals surface area contributed by atoms with E-state index in [4.69, 9.17) is 11.6 Å². The van der Waals surface area contributed by atoms with Crippen LogP contribution in [0.3, 0.4) is 0 Å². The predicted molar refractivity (Wildman–Crippen MR) is 77.7 cm³/mol. The normalized spacial score (nSPS) is 12.7. The van der Waals surface area contributed by atoms with E-state index in [2.05, 4.69) is 10.4 Å². The van der Waals surface area contributed by atoms with Crippen LogP contribution in [0.2, 0.25) is 5.02 Å². The van der Waals surface area contributed by atoms with E-state index in [0.29, 0.717) is 37.5 Å². The number of aliphatic hydroxyl groups excluding tert-OH is 1. The molecule has 6 heteroatoms. The minimum absolute atomic E-state index is 0.154. The molecule has 108 valence electrons. The zero-order valence-electron chi connectivity index (χ0n) is 11.7. The van der Waals surface area contributed by atoms with Gasteiger partial charge in [0.1, 0.15) is 5.02 Å². The van der Waals surface area contributed by atoms with Gasteiger partial charge in [0.2, 0.25) is 0 Å². The Balaban J connectivity index is 2.71. The summed E-state index contributed by atoms with van der Waals surface area (Å²) in [6.07, 6.45) is 2.55. The summed E-state index contributed by atoms with van der Waals surface area (Å²) in [4.78, 5) is 12.0. The molecule has 1 rings (SSSR count). The van der Waals surface area contributed by atoms with Gasteiger partial charge in [-0.15, -0.1) is 0 Å². The first-order valence-electron chi connectivity index (χ1n) is 6.63. The topological polar surface area (TPSA) is 67.2 Å². The van der Waals surface area contributed by atoms with Gasteiger partial charge in [-0.3, -0.25) is 4.79 Å². The standard InChI is InChI=1S/C13H22ClN3O2/c1-4-10(18)5-6-15-11-7-16-17(8-9(2)3)13(19)12(11)14/h7,9-10,15,18H,4-6,8H2,1-3H3. The second kappa shape index (κ2) is 7.50. The maximum atomic E-state index is 12.0. The molecule has 1 aromatic heterocycles. The Hall–Kier alpha value is -1.07. The maximum absolute atomic E-state index is 12.0. The number of anilines is 1. The van der Waals surface area contributed by atoms with E-state index in [-0.39, 0.29) is 16.7 Å². The van der Waals surface area contributed by atoms with Gasteiger partial charge in [-0.1, -0.05) is 32.4 Å². The Morgan fingerprint density at radius 1 is 1.53 bits per heavy atom. The minimum atomic E-state index is -0.333. The summed E-state index contributed by atoms with van der Waals surface area (Å²) in [7, 11) is 0. The van der Waals surface area contributed by atoms with Gasteiger partial charge in [0.25, 0.3) is 5.56 Å². The second-order valence-electron chi connectivity index (χ2n) is 5.03. The summed E-state index contributed by atoms with van der Waals surface area (Å²) in [6, 6.07) is 0. The summed E-state index contributed by atoms with van der Waals surface area (Å²) in [5, 5.41) is 16.7. The Morgan fingerprint density at radius 2 is 2.21 bits per heavy atom. The molecule has 1 atom stereocenters. The molecule has 0 saturated carbocycles. The number of nitrogens with zero attached hydrogens (tertiary/aromatic N) is 2. The van der Waals surface area contributed by atoms with Crippen LogP contribution in [0.25, 0.3) is 0 Å². The third-order valence-corrected chi connectivity index (χ3v) is 3.15. The first-order valence-corrected chi connectivity index (χ1v) is 7.01. The van der Waals surface area contributed by atoms with Crippen molar-refractivity contribution in [2.75, 3.05) is 11.9 Å². The molecule has 0 fully saturated rings. The Bertz CT molecular complexity index is 460. The fraction of sp³-hybridized carbons (Fsp3) is 0.692. The Kier molecular flexibility index (Phi) is 6.31. The highest BCUT2D eigenvalue weighted by Gasteiger charge is 2.10. The third kappa shape index (κ3) is 4.84. The van der Waals surface area contributed by atoms with Crippen molar-refractivity contribution in [1.29, 1.82) is 0 Å². The van der Waals surface area contributed by atoms with Gasteiger partial charge < -0.3 is 10.4 Å². The van der Waals surface area contributed by atoms with Crippen molar-refractivity contribution in [3.05, 3.63) is 21.6 Å². The molecule has 1 unspecified atom stereocenters. The maximum Gasteiger partial charge on any atom is 0.287 e. The van der Waals surface area contributed by atoms with E-state index < -0.39 is 0 Å². The monoisotopic (exact) mass is 287 g/mol. The average molecular weight is 288 g/mol. The number of hydrogen-bond donors (Lipinski definition) is 2. The second-order valence-corrected chi connectivity index (χ2v) is 5.41. The van der Waals surface area contributed by atoms with Gasteiger partial charge in [-0.2, -0.15) is 5.10 Å². The van der Waals surface area contributed by atoms with E-state index in [9.17, 15) is 9.90 Å². The van der Waals surface area contributed by atoms with E-state index in [1.807, 2.05) is 20.8 Å². The third-order valence-electron chi connectivity index (χ3n) is 2.79. The quantitative estimate of drug-likeness (QED) is 0.806. The molecule has 0 spiro atoms. The highest BCUT2D eigenvalue weighted by molar-refractivity contribution is 6.32. The molecule has 0 aliphatic heterocycles. The molecule has 1 heterocycles. The number of aliphatic hydroxyl groups is 1. The van der Waals surface area contributed by atoms with Gasteiger partial charge in [0.15, 0.2) is 0 Å². The fourth-order valence-corrected chi connectivity index (χ4v) is 1.85. The predicted octanol–water partition coefficient (Wildman–Crippen LogP) is 2.13. The molecular weight excluding hydrogens is 266 g/mol. The van der Waals surface area contributed by atoms with Crippen molar-refractivity contribution in [2.45, 2.75) is 46.3 Å².